The number of nitrogens with zero attached hydrogens (tertiary/aromatic N) is 4. The number of amides is 2. The minimum atomic E-state index is -5.58. The number of aromatic nitrogens is 4. The topological polar surface area (TPSA) is 390 Å². The molecule has 1 aliphatic rings. The van der Waals surface area contributed by atoms with Crippen LogP contribution >= 0.6 is 35.2 Å². The van der Waals surface area contributed by atoms with Gasteiger partial charge in [-0.25, -0.2) is 28.6 Å². The van der Waals surface area contributed by atoms with E-state index in [1.807, 2.05) is 0 Å². The molecule has 2 aromatic heterocycles. The highest BCUT2D eigenvalue weighted by Gasteiger charge is 2.50. The molecule has 1 fully saturated rings. The number of ether oxygens (including phenoxy) is 1. The fourth-order valence-electron chi connectivity index (χ4n) is 5.33. The van der Waals surface area contributed by atoms with E-state index in [1.54, 1.807) is 37.3 Å². The number of hydrogen-bond acceptors (Lipinski definition) is 19. The second-order valence-electron chi connectivity index (χ2n) is 13.8. The van der Waals surface area contributed by atoms with Gasteiger partial charge in [-0.2, -0.15) is 4.31 Å². The van der Waals surface area contributed by atoms with Gasteiger partial charge < -0.3 is 56.6 Å². The van der Waals surface area contributed by atoms with Crippen LogP contribution in [0.15, 0.2) is 43.0 Å². The standard InChI is InChI=1S/C30H45N8O17P3S/c1-29(2,23(41)26(42)34-10-9-19(39)33-11-12-59-28(43)30(3,32)17-7-5-4-6-8-17)14-52-58(49,50)55-57(47,48)51-13-18-22(54-56(44,45)46)21(40)27(53-18)38-16-37-20-24(31)35-15-36-25(20)38/h4-8,15-16,18,21-23,27,40-41H,9-14,32H2,1-3H3,(H,33,39)(H,34,42)(H,47,48)(H,49,50)(H2,31,35,36)(H2,44,45,46)/t18-,21-,22-,23+,27-,30-/m1/s1. The average Bonchev–Trinajstić information content (AvgIpc) is 3.71. The third kappa shape index (κ3) is 13.4. The Morgan fingerprint density at radius 1 is 1.00 bits per heavy atom. The maximum absolute atomic E-state index is 12.7. The van der Waals surface area contributed by atoms with E-state index in [0.717, 1.165) is 29.0 Å². The molecule has 8 atom stereocenters. The number of imidazole rings is 1. The highest BCUT2D eigenvalue weighted by molar-refractivity contribution is 8.13. The molecule has 2 unspecified atom stereocenters. The van der Waals surface area contributed by atoms with E-state index in [0.29, 0.717) is 5.56 Å². The van der Waals surface area contributed by atoms with E-state index in [1.165, 1.54) is 13.8 Å². The van der Waals surface area contributed by atoms with Crippen molar-refractivity contribution in [3.05, 3.63) is 48.5 Å². The number of nitrogens with two attached hydrogens (primary N) is 2. The summed E-state index contributed by atoms with van der Waals surface area (Å²) in [6, 6.07) is 8.79. The number of benzene rings is 1. The molecule has 0 aliphatic carbocycles. The molecule has 4 rings (SSSR count). The van der Waals surface area contributed by atoms with Crippen molar-refractivity contribution in [2.24, 2.45) is 11.1 Å². The van der Waals surface area contributed by atoms with E-state index in [-0.39, 0.29) is 47.4 Å². The molecule has 3 heterocycles. The Balaban J connectivity index is 1.22. The largest absolute Gasteiger partial charge is 0.481 e. The molecule has 0 radical (unpaired) electrons. The van der Waals surface area contributed by atoms with Crippen molar-refractivity contribution < 1.29 is 80.5 Å². The molecule has 1 aliphatic heterocycles. The van der Waals surface area contributed by atoms with Crippen molar-refractivity contribution >= 4 is 69.1 Å². The quantitative estimate of drug-likeness (QED) is 0.0477. The van der Waals surface area contributed by atoms with Gasteiger partial charge in [0, 0.05) is 30.7 Å². The van der Waals surface area contributed by atoms with Crippen LogP contribution in [0.25, 0.3) is 11.2 Å². The Hall–Kier alpha value is -3.26. The van der Waals surface area contributed by atoms with Crippen LogP contribution in [0.1, 0.15) is 39.0 Å². The molecule has 1 saturated heterocycles. The number of carbonyl (C=O) groups is 3. The van der Waals surface area contributed by atoms with Crippen LogP contribution in [0, 0.1) is 5.41 Å². The summed E-state index contributed by atoms with van der Waals surface area (Å²) in [5, 5.41) is 26.1. The number of hydrogen-bond donors (Lipinski definition) is 10. The van der Waals surface area contributed by atoms with Crippen LogP contribution in [0.3, 0.4) is 0 Å². The van der Waals surface area contributed by atoms with E-state index < -0.39 is 90.1 Å². The predicted octanol–water partition coefficient (Wildman–Crippen LogP) is -0.461. The zero-order chi connectivity index (χ0) is 44.0. The first-order valence-electron chi connectivity index (χ1n) is 17.2. The minimum Gasteiger partial charge on any atom is -0.386 e. The molecule has 59 heavy (non-hydrogen) atoms. The van der Waals surface area contributed by atoms with Gasteiger partial charge in [0.1, 0.15) is 41.8 Å². The molecule has 2 amide bonds. The Labute approximate surface area is 340 Å². The number of phosphoric acid groups is 3. The van der Waals surface area contributed by atoms with Gasteiger partial charge in [0.05, 0.1) is 19.5 Å². The fourth-order valence-corrected chi connectivity index (χ4v) is 8.96. The van der Waals surface area contributed by atoms with Gasteiger partial charge in [-0.1, -0.05) is 55.9 Å². The highest BCUT2D eigenvalue weighted by atomic mass is 32.2. The van der Waals surface area contributed by atoms with Gasteiger partial charge in [-0.05, 0) is 12.5 Å². The van der Waals surface area contributed by atoms with Crippen molar-refractivity contribution in [3.63, 3.8) is 0 Å². The van der Waals surface area contributed by atoms with Crippen LogP contribution in [-0.4, -0.2) is 123 Å². The molecule has 3 aromatic rings. The molecular formula is C30H45N8O17P3S. The van der Waals surface area contributed by atoms with Crippen LogP contribution in [0.4, 0.5) is 5.82 Å². The fraction of sp³-hybridized carbons (Fsp3) is 0.533. The van der Waals surface area contributed by atoms with Crippen molar-refractivity contribution in [2.45, 2.75) is 63.4 Å². The number of carbonyl (C=O) groups excluding carboxylic acids is 3. The average molecular weight is 915 g/mol. The lowest BCUT2D eigenvalue weighted by atomic mass is 9.87. The van der Waals surface area contributed by atoms with Crippen LogP contribution in [-0.2, 0) is 56.2 Å². The van der Waals surface area contributed by atoms with E-state index in [2.05, 4.69) is 34.4 Å². The number of nitrogen functional groups attached to an aromatic ring is 1. The summed E-state index contributed by atoms with van der Waals surface area (Å²) in [7, 11) is -16.4. The lowest BCUT2D eigenvalue weighted by Crippen LogP contribution is -2.46. The molecule has 29 heteroatoms. The normalized spacial score (nSPS) is 22.2. The Kier molecular flexibility index (Phi) is 16.1. The molecule has 0 bridgehead atoms. The van der Waals surface area contributed by atoms with Gasteiger partial charge >= 0.3 is 23.5 Å². The third-order valence-electron chi connectivity index (χ3n) is 8.53. The first-order valence-corrected chi connectivity index (χ1v) is 22.7. The second kappa shape index (κ2) is 19.6. The summed E-state index contributed by atoms with van der Waals surface area (Å²) < 4.78 is 62.2. The summed E-state index contributed by atoms with van der Waals surface area (Å²) in [4.78, 5) is 88.5. The lowest BCUT2D eigenvalue weighted by Gasteiger charge is -2.30. The van der Waals surface area contributed by atoms with Gasteiger partial charge in [0.25, 0.3) is 0 Å². The first-order chi connectivity index (χ1) is 27.3. The van der Waals surface area contributed by atoms with E-state index in [4.69, 9.17) is 25.3 Å². The van der Waals surface area contributed by atoms with Gasteiger partial charge in [-0.3, -0.25) is 32.5 Å². The van der Waals surface area contributed by atoms with Crippen molar-refractivity contribution in [3.8, 4) is 0 Å². The number of aliphatic hydroxyl groups is 2. The molecule has 0 saturated carbocycles. The van der Waals surface area contributed by atoms with Crippen molar-refractivity contribution in [1.29, 1.82) is 0 Å². The molecular weight excluding hydrogens is 869 g/mol. The summed E-state index contributed by atoms with van der Waals surface area (Å²) >= 11 is 0.947. The van der Waals surface area contributed by atoms with Gasteiger partial charge in [0.15, 0.2) is 17.7 Å². The van der Waals surface area contributed by atoms with Gasteiger partial charge in [0.2, 0.25) is 16.9 Å². The Morgan fingerprint density at radius 2 is 1.66 bits per heavy atom. The number of phosphoric ester groups is 3. The number of anilines is 1. The molecule has 1 aromatic carbocycles. The molecule has 328 valence electrons. The molecule has 0 spiro atoms. The van der Waals surface area contributed by atoms with E-state index >= 15 is 0 Å². The second-order valence-corrected chi connectivity index (χ2v) is 19.1. The smallest absolute Gasteiger partial charge is 0.386 e. The van der Waals surface area contributed by atoms with Crippen molar-refractivity contribution in [1.82, 2.24) is 30.2 Å². The monoisotopic (exact) mass is 914 g/mol. The Morgan fingerprint density at radius 3 is 2.32 bits per heavy atom. The zero-order valence-corrected chi connectivity index (χ0v) is 35.0. The van der Waals surface area contributed by atoms with E-state index in [9.17, 15) is 57.9 Å². The van der Waals surface area contributed by atoms with Crippen LogP contribution in [0.2, 0.25) is 0 Å². The zero-order valence-electron chi connectivity index (χ0n) is 31.5. The number of rotatable bonds is 21. The van der Waals surface area contributed by atoms with Crippen molar-refractivity contribution in [2.75, 3.05) is 37.8 Å². The van der Waals surface area contributed by atoms with Crippen LogP contribution in [0.5, 0.6) is 0 Å². The van der Waals surface area contributed by atoms with Crippen LogP contribution < -0.4 is 22.1 Å². The summed E-state index contributed by atoms with van der Waals surface area (Å²) in [6.45, 7) is 1.93. The first kappa shape index (κ1) is 48.4. The lowest BCUT2D eigenvalue weighted by molar-refractivity contribution is -0.137. The maximum atomic E-state index is 12.7. The summed E-state index contributed by atoms with van der Waals surface area (Å²) in [6.07, 6.45) is -7.01. The number of nitrogens with one attached hydrogen (secondary N) is 2. The predicted molar refractivity (Wildman–Crippen MR) is 205 cm³/mol. The highest BCUT2D eigenvalue weighted by Crippen LogP contribution is 2.61. The summed E-state index contributed by atoms with van der Waals surface area (Å²) in [5.74, 6) is -1.29. The molecule has 12 N–H and O–H groups in total. The third-order valence-corrected chi connectivity index (χ3v) is 12.7. The number of fused-ring (bicyclic) bond motifs is 1. The Bertz CT molecular complexity index is 2110. The molecule has 25 nitrogen and oxygen atoms in total. The minimum absolute atomic E-state index is 0.0261. The maximum Gasteiger partial charge on any atom is 0.481 e. The number of aliphatic hydroxyl groups excluding tert-OH is 2. The summed E-state index contributed by atoms with van der Waals surface area (Å²) in [5.41, 5.74) is 9.84. The SMILES string of the molecule is CC(C)(COP(=O)(O)OP(=O)(O)OC[C@H]1O[C@@H](n2cnc3c(N)ncnc32)[C@H](O)[C@@H]1OP(=O)(O)O)[C@@H](O)C(=O)NCCC(=O)NCCSC(=O)[C@](C)(N)c1ccccc1. The van der Waals surface area contributed by atoms with Gasteiger partial charge in [-0.15, -0.1) is 0 Å². The number of thioether (sulfide) groups is 1.